The van der Waals surface area contributed by atoms with E-state index in [1.165, 1.54) is 89.0 Å². The summed E-state index contributed by atoms with van der Waals surface area (Å²) in [4.78, 5) is 9.45. The Labute approximate surface area is 156 Å². The van der Waals surface area contributed by atoms with E-state index in [-0.39, 0.29) is 12.4 Å². The fourth-order valence-electron chi connectivity index (χ4n) is 2.64. The van der Waals surface area contributed by atoms with E-state index in [1.807, 2.05) is 0 Å². The first kappa shape index (κ1) is 28.5. The molecule has 0 radical (unpaired) electrons. The van der Waals surface area contributed by atoms with Crippen LogP contribution in [0.5, 0.6) is 0 Å². The maximum Gasteiger partial charge on any atom is 0.332 e. The first-order valence-electron chi connectivity index (χ1n) is 9.65. The van der Waals surface area contributed by atoms with Crippen LogP contribution in [0.15, 0.2) is 0 Å². The van der Waals surface area contributed by atoms with Gasteiger partial charge in [-0.25, -0.2) is 4.79 Å². The van der Waals surface area contributed by atoms with E-state index >= 15 is 0 Å². The zero-order valence-corrected chi connectivity index (χ0v) is 17.4. The van der Waals surface area contributed by atoms with Gasteiger partial charge in [0.25, 0.3) is 0 Å². The van der Waals surface area contributed by atoms with Gasteiger partial charge in [0.05, 0.1) is 26.2 Å². The molecule has 0 aliphatic carbocycles. The second-order valence-electron chi connectivity index (χ2n) is 6.66. The number of aliphatic carboxylic acids is 1. The molecular weight excluding hydrogens is 326 g/mol. The van der Waals surface area contributed by atoms with Crippen molar-refractivity contribution in [3.05, 3.63) is 0 Å². The van der Waals surface area contributed by atoms with Gasteiger partial charge in [0.2, 0.25) is 0 Å². The van der Waals surface area contributed by atoms with Crippen LogP contribution in [0.2, 0.25) is 0 Å². The van der Waals surface area contributed by atoms with Crippen molar-refractivity contribution in [2.45, 2.75) is 92.1 Å². The molecule has 0 aromatic heterocycles. The summed E-state index contributed by atoms with van der Waals surface area (Å²) in [6.07, 6.45) is 9.83. The third-order valence-electron chi connectivity index (χ3n) is 4.30. The summed E-state index contributed by atoms with van der Waals surface area (Å²) in [5.74, 6) is -1.19. The molecule has 0 fully saturated rings. The second-order valence-corrected chi connectivity index (χ2v) is 6.66. The monoisotopic (exact) mass is 367 g/mol. The summed E-state index contributed by atoms with van der Waals surface area (Å²) in [5, 5.41) is 15.8. The van der Waals surface area contributed by atoms with E-state index < -0.39 is 12.1 Å². The molecule has 1 atom stereocenters. The highest BCUT2D eigenvalue weighted by atomic mass is 35.5. The fourth-order valence-corrected chi connectivity index (χ4v) is 2.64. The van der Waals surface area contributed by atoms with Gasteiger partial charge < -0.3 is 27.1 Å². The quantitative estimate of drug-likeness (QED) is 0.484. The Morgan fingerprint density at radius 3 is 1.12 bits per heavy atom. The SMILES string of the molecule is CC(O)C(=O)O.CCCC[N+](CCCC)(CCCC)CCCC.[Cl-]. The first-order valence-corrected chi connectivity index (χ1v) is 9.65. The number of aliphatic hydroxyl groups is 1. The minimum absolute atomic E-state index is 0. The topological polar surface area (TPSA) is 57.5 Å². The van der Waals surface area contributed by atoms with Crippen molar-refractivity contribution in [2.75, 3.05) is 26.2 Å². The number of quaternary nitrogens is 1. The van der Waals surface area contributed by atoms with Crippen LogP contribution < -0.4 is 12.4 Å². The van der Waals surface area contributed by atoms with Crippen molar-refractivity contribution in [3.63, 3.8) is 0 Å². The smallest absolute Gasteiger partial charge is 0.332 e. The van der Waals surface area contributed by atoms with E-state index in [9.17, 15) is 4.79 Å². The van der Waals surface area contributed by atoms with Gasteiger partial charge in [0.1, 0.15) is 6.10 Å². The standard InChI is InChI=1S/C16H36N.C3H6O3.ClH/c1-5-9-13-17(14-10-6-2,15-11-7-3)16-12-8-4;1-2(4)3(5)6;/h5-16H2,1-4H3;2,4H,1H3,(H,5,6);1H/q+1;;/p-1. The Morgan fingerprint density at radius 2 is 1.00 bits per heavy atom. The molecule has 4 nitrogen and oxygen atoms in total. The van der Waals surface area contributed by atoms with Gasteiger partial charge >= 0.3 is 5.97 Å². The van der Waals surface area contributed by atoms with Crippen LogP contribution in [-0.4, -0.2) is 52.9 Å². The lowest BCUT2D eigenvalue weighted by molar-refractivity contribution is -0.929. The molecule has 0 spiro atoms. The number of halogens is 1. The predicted molar refractivity (Wildman–Crippen MR) is 98.7 cm³/mol. The lowest BCUT2D eigenvalue weighted by Gasteiger charge is -2.39. The van der Waals surface area contributed by atoms with Gasteiger partial charge in [-0.1, -0.05) is 53.4 Å². The molecule has 0 amide bonds. The summed E-state index contributed by atoms with van der Waals surface area (Å²) < 4.78 is 1.42. The molecule has 0 bridgehead atoms. The molecular formula is C19H42ClNO3. The maximum atomic E-state index is 9.45. The number of aliphatic hydroxyl groups excluding tert-OH is 1. The van der Waals surface area contributed by atoms with E-state index in [0.29, 0.717) is 0 Å². The first-order chi connectivity index (χ1) is 10.9. The van der Waals surface area contributed by atoms with E-state index in [4.69, 9.17) is 10.2 Å². The van der Waals surface area contributed by atoms with Crippen LogP contribution in [0.3, 0.4) is 0 Å². The molecule has 24 heavy (non-hydrogen) atoms. The average molecular weight is 368 g/mol. The number of carbonyl (C=O) groups is 1. The average Bonchev–Trinajstić information content (AvgIpc) is 2.54. The maximum absolute atomic E-state index is 9.45. The third kappa shape index (κ3) is 16.5. The molecule has 0 rings (SSSR count). The van der Waals surface area contributed by atoms with Crippen LogP contribution in [-0.2, 0) is 4.79 Å². The highest BCUT2D eigenvalue weighted by Gasteiger charge is 2.24. The Balaban J connectivity index is -0.000000538. The van der Waals surface area contributed by atoms with Gasteiger partial charge in [-0.05, 0) is 32.6 Å². The number of carboxylic acid groups (broad SMARTS) is 1. The normalized spacial score (nSPS) is 11.9. The molecule has 5 heteroatoms. The largest absolute Gasteiger partial charge is 1.00 e. The van der Waals surface area contributed by atoms with Crippen molar-refractivity contribution in [2.24, 2.45) is 0 Å². The minimum Gasteiger partial charge on any atom is -1.00 e. The van der Waals surface area contributed by atoms with Crippen molar-refractivity contribution in [1.29, 1.82) is 0 Å². The van der Waals surface area contributed by atoms with Crippen LogP contribution in [0.4, 0.5) is 0 Å². The highest BCUT2D eigenvalue weighted by Crippen LogP contribution is 2.16. The molecule has 0 aliphatic heterocycles. The molecule has 2 N–H and O–H groups in total. The van der Waals surface area contributed by atoms with Crippen LogP contribution >= 0.6 is 0 Å². The van der Waals surface area contributed by atoms with Crippen molar-refractivity contribution in [1.82, 2.24) is 0 Å². The Morgan fingerprint density at radius 1 is 0.792 bits per heavy atom. The lowest BCUT2D eigenvalue weighted by atomic mass is 10.1. The van der Waals surface area contributed by atoms with Gasteiger partial charge in [0, 0.05) is 0 Å². The van der Waals surface area contributed by atoms with Gasteiger partial charge in [-0.3, -0.25) is 0 Å². The lowest BCUT2D eigenvalue weighted by Crippen LogP contribution is -3.00. The number of nitrogens with zero attached hydrogens (tertiary/aromatic N) is 1. The number of rotatable bonds is 13. The number of unbranched alkanes of at least 4 members (excludes halogenated alkanes) is 4. The molecule has 148 valence electrons. The summed E-state index contributed by atoms with van der Waals surface area (Å²) in [5.41, 5.74) is 0. The molecule has 0 aliphatic rings. The van der Waals surface area contributed by atoms with Gasteiger partial charge in [-0.2, -0.15) is 0 Å². The Bertz CT molecular complexity index is 236. The highest BCUT2D eigenvalue weighted by molar-refractivity contribution is 5.71. The molecule has 0 aromatic carbocycles. The minimum atomic E-state index is -1.23. The molecule has 1 unspecified atom stereocenters. The van der Waals surface area contributed by atoms with Crippen LogP contribution in [0, 0.1) is 0 Å². The Kier molecular flexibility index (Phi) is 22.6. The molecule has 0 saturated heterocycles. The van der Waals surface area contributed by atoms with Crippen molar-refractivity contribution >= 4 is 5.97 Å². The van der Waals surface area contributed by atoms with Crippen molar-refractivity contribution < 1.29 is 31.9 Å². The zero-order valence-electron chi connectivity index (χ0n) is 16.7. The summed E-state index contributed by atoms with van der Waals surface area (Å²) >= 11 is 0. The predicted octanol–water partition coefficient (Wildman–Crippen LogP) is 1.46. The zero-order chi connectivity index (χ0) is 18.1. The molecule has 0 aromatic rings. The van der Waals surface area contributed by atoms with Crippen molar-refractivity contribution in [3.8, 4) is 0 Å². The van der Waals surface area contributed by atoms with E-state index in [1.54, 1.807) is 0 Å². The fraction of sp³-hybridized carbons (Fsp3) is 0.947. The van der Waals surface area contributed by atoms with Gasteiger partial charge in [0.15, 0.2) is 0 Å². The summed E-state index contributed by atoms with van der Waals surface area (Å²) in [6, 6.07) is 0. The summed E-state index contributed by atoms with van der Waals surface area (Å²) in [6.45, 7) is 16.2. The molecule has 0 heterocycles. The number of hydrogen-bond donors (Lipinski definition) is 2. The van der Waals surface area contributed by atoms with Crippen LogP contribution in [0.25, 0.3) is 0 Å². The van der Waals surface area contributed by atoms with E-state index in [0.717, 1.165) is 0 Å². The van der Waals surface area contributed by atoms with Crippen LogP contribution in [0.1, 0.15) is 86.0 Å². The van der Waals surface area contributed by atoms with E-state index in [2.05, 4.69) is 27.7 Å². The Hall–Kier alpha value is -0.320. The second kappa shape index (κ2) is 19.0. The number of hydrogen-bond acceptors (Lipinski definition) is 2. The summed E-state index contributed by atoms with van der Waals surface area (Å²) in [7, 11) is 0. The van der Waals surface area contributed by atoms with Gasteiger partial charge in [-0.15, -0.1) is 0 Å². The third-order valence-corrected chi connectivity index (χ3v) is 4.30. The number of carboxylic acids is 1. The molecule has 0 saturated carbocycles.